The molecule has 0 bridgehead atoms. The van der Waals surface area contributed by atoms with Crippen LogP contribution in [0, 0.1) is 29.1 Å². The van der Waals surface area contributed by atoms with Crippen molar-refractivity contribution < 1.29 is 26.6 Å². The van der Waals surface area contributed by atoms with Gasteiger partial charge in [-0.3, -0.25) is 0 Å². The normalized spacial score (nSPS) is 11.1. The van der Waals surface area contributed by atoms with E-state index < -0.39 is 34.8 Å². The molecule has 0 amide bonds. The van der Waals surface area contributed by atoms with Crippen LogP contribution in [0.3, 0.4) is 0 Å². The van der Waals surface area contributed by atoms with Crippen molar-refractivity contribution in [2.75, 3.05) is 0 Å². The average Bonchev–Trinajstić information content (AvgIpc) is 2.38. The standard InChI is InChI=1S/C13H7BF5NO/c14-21-12-4-7(16)1-9(17)8(12)5-20-13-10(18)2-6(15)3-11(13)19/h1-5H,14H2/b20-5+. The van der Waals surface area contributed by atoms with Gasteiger partial charge in [0.2, 0.25) is 0 Å². The molecule has 0 unspecified atom stereocenters. The molecule has 8 heteroatoms. The van der Waals surface area contributed by atoms with Crippen molar-refractivity contribution >= 4 is 20.0 Å². The Morgan fingerprint density at radius 3 is 1.95 bits per heavy atom. The number of rotatable bonds is 3. The van der Waals surface area contributed by atoms with Crippen LogP contribution >= 0.6 is 0 Å². The highest BCUT2D eigenvalue weighted by molar-refractivity contribution is 6.01. The van der Waals surface area contributed by atoms with Crippen molar-refractivity contribution in [3.8, 4) is 5.75 Å². The molecule has 0 heterocycles. The van der Waals surface area contributed by atoms with E-state index in [-0.39, 0.29) is 11.3 Å². The molecule has 0 aromatic heterocycles. The van der Waals surface area contributed by atoms with E-state index in [2.05, 4.69) is 4.99 Å². The molecule has 2 rings (SSSR count). The maximum atomic E-state index is 13.6. The maximum absolute atomic E-state index is 13.6. The first-order valence-electron chi connectivity index (χ1n) is 5.64. The highest BCUT2D eigenvalue weighted by Crippen LogP contribution is 2.25. The van der Waals surface area contributed by atoms with E-state index in [1.54, 1.807) is 0 Å². The van der Waals surface area contributed by atoms with Gasteiger partial charge in [0, 0.05) is 30.5 Å². The zero-order valence-corrected chi connectivity index (χ0v) is 10.6. The van der Waals surface area contributed by atoms with Crippen LogP contribution < -0.4 is 4.65 Å². The van der Waals surface area contributed by atoms with Crippen molar-refractivity contribution in [1.82, 2.24) is 0 Å². The summed E-state index contributed by atoms with van der Waals surface area (Å²) in [7, 11) is 1.17. The minimum atomic E-state index is -1.25. The van der Waals surface area contributed by atoms with Gasteiger partial charge in [0.15, 0.2) is 11.6 Å². The first-order chi connectivity index (χ1) is 9.92. The van der Waals surface area contributed by atoms with Crippen molar-refractivity contribution in [3.05, 3.63) is 58.9 Å². The number of hydrogen-bond acceptors (Lipinski definition) is 2. The predicted octanol–water partition coefficient (Wildman–Crippen LogP) is 3.06. The maximum Gasteiger partial charge on any atom is 0.322 e. The van der Waals surface area contributed by atoms with E-state index >= 15 is 0 Å². The molecule has 0 aliphatic heterocycles. The molecule has 2 nitrogen and oxygen atoms in total. The van der Waals surface area contributed by atoms with Gasteiger partial charge in [0.1, 0.15) is 28.9 Å². The highest BCUT2D eigenvalue weighted by Gasteiger charge is 2.13. The summed E-state index contributed by atoms with van der Waals surface area (Å²) in [6, 6.07) is 2.34. The van der Waals surface area contributed by atoms with E-state index in [1.807, 2.05) is 0 Å². The molecule has 0 saturated carbocycles. The molecule has 108 valence electrons. The van der Waals surface area contributed by atoms with Gasteiger partial charge < -0.3 is 4.65 Å². The van der Waals surface area contributed by atoms with Gasteiger partial charge in [-0.2, -0.15) is 0 Å². The van der Waals surface area contributed by atoms with Gasteiger partial charge in [-0.15, -0.1) is 0 Å². The monoisotopic (exact) mass is 299 g/mol. The molecule has 0 aliphatic rings. The molecule has 2 aromatic rings. The molecule has 0 aliphatic carbocycles. The smallest absolute Gasteiger partial charge is 0.322 e. The lowest BCUT2D eigenvalue weighted by Gasteiger charge is -2.06. The molecule has 0 saturated heterocycles. The third kappa shape index (κ3) is 3.21. The lowest BCUT2D eigenvalue weighted by Crippen LogP contribution is -1.98. The Morgan fingerprint density at radius 2 is 1.38 bits per heavy atom. The summed E-state index contributed by atoms with van der Waals surface area (Å²) < 4.78 is 70.9. The van der Waals surface area contributed by atoms with Crippen LogP contribution in [0.25, 0.3) is 0 Å². The first kappa shape index (κ1) is 15.0. The Labute approximate surface area is 117 Å². The van der Waals surface area contributed by atoms with Gasteiger partial charge in [-0.05, 0) is 0 Å². The highest BCUT2D eigenvalue weighted by atomic mass is 19.2. The number of hydrogen-bond donors (Lipinski definition) is 0. The lowest BCUT2D eigenvalue weighted by atomic mass is 10.2. The van der Waals surface area contributed by atoms with Crippen LogP contribution in [0.2, 0.25) is 0 Å². The summed E-state index contributed by atoms with van der Waals surface area (Å²) in [5.74, 6) is -5.68. The molecular formula is C13H7BF5NO. The Morgan fingerprint density at radius 1 is 0.857 bits per heavy atom. The van der Waals surface area contributed by atoms with Crippen molar-refractivity contribution in [3.63, 3.8) is 0 Å². The van der Waals surface area contributed by atoms with Crippen LogP contribution in [0.1, 0.15) is 5.56 Å². The summed E-state index contributed by atoms with van der Waals surface area (Å²) in [6.45, 7) is 0. The van der Waals surface area contributed by atoms with E-state index in [0.717, 1.165) is 12.3 Å². The summed E-state index contributed by atoms with van der Waals surface area (Å²) in [6.07, 6.45) is 0.771. The second-order valence-electron chi connectivity index (χ2n) is 3.98. The Hall–Kier alpha value is -2.38. The zero-order valence-electron chi connectivity index (χ0n) is 10.6. The molecule has 0 atom stereocenters. The fraction of sp³-hybridized carbons (Fsp3) is 0. The SMILES string of the molecule is BOc1cc(F)cc(F)c1/C=N/c1c(F)cc(F)cc1F. The molecule has 0 N–H and O–H groups in total. The molecule has 2 aromatic carbocycles. The van der Waals surface area contributed by atoms with E-state index in [9.17, 15) is 22.0 Å². The van der Waals surface area contributed by atoms with Crippen molar-refractivity contribution in [2.24, 2.45) is 4.99 Å². The molecule has 0 spiro atoms. The van der Waals surface area contributed by atoms with Crippen LogP contribution in [-0.4, -0.2) is 14.3 Å². The number of aliphatic imine (C=N–C) groups is 1. The first-order valence-corrected chi connectivity index (χ1v) is 5.64. The van der Waals surface area contributed by atoms with Crippen LogP contribution in [0.4, 0.5) is 27.6 Å². The van der Waals surface area contributed by atoms with Gasteiger partial charge in [0.05, 0.1) is 5.56 Å². The van der Waals surface area contributed by atoms with Crippen LogP contribution in [-0.2, 0) is 0 Å². The van der Waals surface area contributed by atoms with Gasteiger partial charge in [0.25, 0.3) is 0 Å². The second-order valence-corrected chi connectivity index (χ2v) is 3.98. The van der Waals surface area contributed by atoms with Gasteiger partial charge in [-0.25, -0.2) is 26.9 Å². The minimum absolute atomic E-state index is 0.195. The summed E-state index contributed by atoms with van der Waals surface area (Å²) in [5.41, 5.74) is -1.08. The average molecular weight is 299 g/mol. The molecule has 21 heavy (non-hydrogen) atoms. The number of nitrogens with zero attached hydrogens (tertiary/aromatic N) is 1. The Kier molecular flexibility index (Phi) is 4.25. The summed E-state index contributed by atoms with van der Waals surface area (Å²) >= 11 is 0. The fourth-order valence-corrected chi connectivity index (χ4v) is 1.64. The van der Waals surface area contributed by atoms with Crippen LogP contribution in [0.15, 0.2) is 29.3 Å². The third-order valence-corrected chi connectivity index (χ3v) is 2.58. The fourth-order valence-electron chi connectivity index (χ4n) is 1.64. The van der Waals surface area contributed by atoms with Gasteiger partial charge in [-0.1, -0.05) is 0 Å². The minimum Gasteiger partial charge on any atom is -0.567 e. The van der Waals surface area contributed by atoms with E-state index in [1.165, 1.54) is 8.05 Å². The number of halogens is 5. The second kappa shape index (κ2) is 5.95. The number of benzene rings is 2. The predicted molar refractivity (Wildman–Crippen MR) is 69.1 cm³/mol. The molecule has 0 radical (unpaired) electrons. The summed E-state index contributed by atoms with van der Waals surface area (Å²) in [5, 5.41) is 0. The van der Waals surface area contributed by atoms with E-state index in [0.29, 0.717) is 18.2 Å². The topological polar surface area (TPSA) is 21.6 Å². The third-order valence-electron chi connectivity index (χ3n) is 2.58. The van der Waals surface area contributed by atoms with Crippen molar-refractivity contribution in [1.29, 1.82) is 0 Å². The van der Waals surface area contributed by atoms with Crippen molar-refractivity contribution in [2.45, 2.75) is 0 Å². The van der Waals surface area contributed by atoms with E-state index in [4.69, 9.17) is 4.65 Å². The Bertz CT molecular complexity index is 697. The quantitative estimate of drug-likeness (QED) is 0.485. The van der Waals surface area contributed by atoms with Gasteiger partial charge >= 0.3 is 8.05 Å². The summed E-state index contributed by atoms with van der Waals surface area (Å²) in [4.78, 5) is 3.43. The lowest BCUT2D eigenvalue weighted by molar-refractivity contribution is 0.545. The van der Waals surface area contributed by atoms with Crippen LogP contribution in [0.5, 0.6) is 5.75 Å². The Balaban J connectivity index is 2.48. The molecular weight excluding hydrogens is 292 g/mol. The zero-order chi connectivity index (χ0) is 15.6. The largest absolute Gasteiger partial charge is 0.567 e. The molecule has 0 fully saturated rings.